The normalized spacial score (nSPS) is 13.1. The Balaban J connectivity index is 1.48. The third-order valence-corrected chi connectivity index (χ3v) is 5.33. The van der Waals surface area contributed by atoms with Crippen molar-refractivity contribution in [2.45, 2.75) is 18.4 Å². The number of aliphatic carboxylic acids is 1. The lowest BCUT2D eigenvalue weighted by molar-refractivity contribution is -0.137. The third kappa shape index (κ3) is 4.35. The number of rotatable bonds is 7. The summed E-state index contributed by atoms with van der Waals surface area (Å²) in [6, 6.07) is 20.2. The minimum atomic E-state index is -1.06. The summed E-state index contributed by atoms with van der Waals surface area (Å²) in [7, 11) is 1.47. The third-order valence-electron chi connectivity index (χ3n) is 5.33. The quantitative estimate of drug-likeness (QED) is 0.598. The lowest BCUT2D eigenvalue weighted by Gasteiger charge is -2.19. The number of carboxylic acids is 1. The summed E-state index contributed by atoms with van der Waals surface area (Å²) < 4.78 is 10.6. The van der Waals surface area contributed by atoms with Gasteiger partial charge in [-0.2, -0.15) is 0 Å². The maximum atomic E-state index is 12.6. The highest BCUT2D eigenvalue weighted by molar-refractivity contribution is 5.79. The molecule has 0 radical (unpaired) electrons. The van der Waals surface area contributed by atoms with Gasteiger partial charge in [0.15, 0.2) is 0 Å². The molecule has 0 saturated carbocycles. The molecule has 7 heteroatoms. The van der Waals surface area contributed by atoms with E-state index in [0.717, 1.165) is 22.3 Å². The summed E-state index contributed by atoms with van der Waals surface area (Å²) in [5.41, 5.74) is 4.87. The predicted octanol–water partition coefficient (Wildman–Crippen LogP) is 4.14. The minimum Gasteiger partial charge on any atom is -0.481 e. The molecule has 158 valence electrons. The van der Waals surface area contributed by atoms with Crippen molar-refractivity contribution in [2.75, 3.05) is 13.7 Å². The van der Waals surface area contributed by atoms with Gasteiger partial charge in [0, 0.05) is 12.0 Å². The highest BCUT2D eigenvalue weighted by Gasteiger charge is 2.29. The topological polar surface area (TPSA) is 97.8 Å². The van der Waals surface area contributed by atoms with Crippen molar-refractivity contribution in [1.29, 1.82) is 0 Å². The molecule has 0 fully saturated rings. The van der Waals surface area contributed by atoms with E-state index < -0.39 is 18.1 Å². The molecular formula is C24H22N2O5. The highest BCUT2D eigenvalue weighted by atomic mass is 16.5. The second-order valence-corrected chi connectivity index (χ2v) is 7.23. The number of alkyl carbamates (subject to hydrolysis) is 1. The van der Waals surface area contributed by atoms with Crippen LogP contribution in [0, 0.1) is 0 Å². The first-order valence-corrected chi connectivity index (χ1v) is 9.91. The van der Waals surface area contributed by atoms with Crippen molar-refractivity contribution in [3.05, 3.63) is 83.6 Å². The van der Waals surface area contributed by atoms with Crippen LogP contribution in [0.25, 0.3) is 11.1 Å². The van der Waals surface area contributed by atoms with E-state index in [2.05, 4.69) is 22.4 Å². The molecule has 1 aromatic heterocycles. The van der Waals surface area contributed by atoms with Crippen molar-refractivity contribution in [3.8, 4) is 17.0 Å². The number of pyridine rings is 1. The number of ether oxygens (including phenoxy) is 2. The number of carboxylic acid groups (broad SMARTS) is 1. The van der Waals surface area contributed by atoms with Crippen molar-refractivity contribution in [2.24, 2.45) is 0 Å². The van der Waals surface area contributed by atoms with E-state index in [9.17, 15) is 14.7 Å². The molecule has 0 saturated heterocycles. The fraction of sp³-hybridized carbons (Fsp3) is 0.208. The van der Waals surface area contributed by atoms with Crippen LogP contribution in [-0.2, 0) is 9.53 Å². The molecule has 31 heavy (non-hydrogen) atoms. The van der Waals surface area contributed by atoms with Gasteiger partial charge < -0.3 is 19.9 Å². The zero-order valence-corrected chi connectivity index (χ0v) is 16.9. The summed E-state index contributed by atoms with van der Waals surface area (Å²) in [5.74, 6) is -0.804. The average molecular weight is 418 g/mol. The van der Waals surface area contributed by atoms with Gasteiger partial charge in [-0.05, 0) is 28.3 Å². The number of aromatic nitrogens is 1. The van der Waals surface area contributed by atoms with E-state index in [1.807, 2.05) is 36.4 Å². The molecule has 2 N–H and O–H groups in total. The van der Waals surface area contributed by atoms with Gasteiger partial charge >= 0.3 is 12.1 Å². The Bertz CT molecular complexity index is 1070. The largest absolute Gasteiger partial charge is 0.481 e. The van der Waals surface area contributed by atoms with Crippen LogP contribution in [0.4, 0.5) is 4.79 Å². The van der Waals surface area contributed by atoms with Gasteiger partial charge in [0.1, 0.15) is 6.61 Å². The lowest BCUT2D eigenvalue weighted by atomic mass is 9.98. The summed E-state index contributed by atoms with van der Waals surface area (Å²) >= 11 is 0. The predicted molar refractivity (Wildman–Crippen MR) is 114 cm³/mol. The second-order valence-electron chi connectivity index (χ2n) is 7.23. The van der Waals surface area contributed by atoms with Gasteiger partial charge in [-0.1, -0.05) is 54.6 Å². The number of carbonyl (C=O) groups is 2. The fourth-order valence-electron chi connectivity index (χ4n) is 3.93. The Kier molecular flexibility index (Phi) is 5.84. The molecule has 2 aromatic carbocycles. The maximum Gasteiger partial charge on any atom is 0.407 e. The van der Waals surface area contributed by atoms with Crippen molar-refractivity contribution in [1.82, 2.24) is 10.3 Å². The number of hydrogen-bond donors (Lipinski definition) is 2. The van der Waals surface area contributed by atoms with Crippen molar-refractivity contribution < 1.29 is 24.2 Å². The van der Waals surface area contributed by atoms with E-state index >= 15 is 0 Å². The van der Waals surface area contributed by atoms with Crippen LogP contribution in [0.15, 0.2) is 66.7 Å². The summed E-state index contributed by atoms with van der Waals surface area (Å²) in [6.07, 6.45) is -1.03. The fourth-order valence-corrected chi connectivity index (χ4v) is 3.93. The Morgan fingerprint density at radius 1 is 1.00 bits per heavy atom. The molecule has 3 aromatic rings. The van der Waals surface area contributed by atoms with E-state index in [1.54, 1.807) is 18.2 Å². The molecule has 1 atom stereocenters. The number of amides is 1. The molecule has 0 aliphatic heterocycles. The number of benzene rings is 2. The van der Waals surface area contributed by atoms with Crippen LogP contribution in [0.1, 0.15) is 35.2 Å². The van der Waals surface area contributed by atoms with Crippen molar-refractivity contribution >= 4 is 12.1 Å². The van der Waals surface area contributed by atoms with Gasteiger partial charge in [0.2, 0.25) is 5.88 Å². The minimum absolute atomic E-state index is 0.0778. The van der Waals surface area contributed by atoms with Gasteiger partial charge in [0.25, 0.3) is 0 Å². The smallest absolute Gasteiger partial charge is 0.407 e. The van der Waals surface area contributed by atoms with E-state index in [4.69, 9.17) is 9.47 Å². The monoisotopic (exact) mass is 418 g/mol. The van der Waals surface area contributed by atoms with Gasteiger partial charge in [-0.15, -0.1) is 0 Å². The number of nitrogens with one attached hydrogen (secondary N) is 1. The number of methoxy groups -OCH3 is 1. The summed E-state index contributed by atoms with van der Waals surface area (Å²) in [4.78, 5) is 28.1. The molecule has 4 rings (SSSR count). The Morgan fingerprint density at radius 2 is 1.65 bits per heavy atom. The zero-order chi connectivity index (χ0) is 21.8. The van der Waals surface area contributed by atoms with Gasteiger partial charge in [-0.3, -0.25) is 4.79 Å². The molecule has 0 unspecified atom stereocenters. The zero-order valence-electron chi connectivity index (χ0n) is 16.9. The Morgan fingerprint density at radius 3 is 2.26 bits per heavy atom. The highest BCUT2D eigenvalue weighted by Crippen LogP contribution is 2.44. The first-order chi connectivity index (χ1) is 15.1. The second kappa shape index (κ2) is 8.87. The molecule has 1 heterocycles. The van der Waals surface area contributed by atoms with E-state index in [0.29, 0.717) is 11.6 Å². The van der Waals surface area contributed by atoms with Crippen LogP contribution >= 0.6 is 0 Å². The number of hydrogen-bond acceptors (Lipinski definition) is 5. The SMILES string of the molecule is COc1cccc([C@@H](CC(=O)O)NC(=O)OCC2c3ccccc3-c3ccccc32)n1. The van der Waals surface area contributed by atoms with E-state index in [1.165, 1.54) is 7.11 Å². The van der Waals surface area contributed by atoms with Crippen LogP contribution in [0.3, 0.4) is 0 Å². The Hall–Kier alpha value is -3.87. The first-order valence-electron chi connectivity index (χ1n) is 9.91. The Labute approximate surface area is 179 Å². The summed E-state index contributed by atoms with van der Waals surface area (Å²) in [5, 5.41) is 11.9. The number of nitrogens with zero attached hydrogens (tertiary/aromatic N) is 1. The molecule has 1 amide bonds. The number of carbonyl (C=O) groups excluding carboxylic acids is 1. The van der Waals surface area contributed by atoms with Gasteiger partial charge in [-0.25, -0.2) is 9.78 Å². The standard InChI is InChI=1S/C24H22N2O5/c1-30-22-12-6-11-20(25-22)21(13-23(27)28)26-24(29)31-14-19-17-9-4-2-7-15(17)16-8-3-5-10-18(16)19/h2-12,19,21H,13-14H2,1H3,(H,26,29)(H,27,28)/t21-/m1/s1. The molecule has 7 nitrogen and oxygen atoms in total. The molecule has 0 spiro atoms. The van der Waals surface area contributed by atoms with E-state index in [-0.39, 0.29) is 18.9 Å². The molecule has 1 aliphatic carbocycles. The van der Waals surface area contributed by atoms with Gasteiger partial charge in [0.05, 0.1) is 25.3 Å². The first kappa shape index (κ1) is 20.4. The average Bonchev–Trinajstić information content (AvgIpc) is 3.11. The van der Waals surface area contributed by atoms with Crippen LogP contribution in [-0.4, -0.2) is 35.9 Å². The van der Waals surface area contributed by atoms with Crippen molar-refractivity contribution in [3.63, 3.8) is 0 Å². The van der Waals surface area contributed by atoms with Crippen LogP contribution in [0.2, 0.25) is 0 Å². The lowest BCUT2D eigenvalue weighted by Crippen LogP contribution is -2.32. The molecule has 1 aliphatic rings. The molecular weight excluding hydrogens is 396 g/mol. The molecule has 0 bridgehead atoms. The number of fused-ring (bicyclic) bond motifs is 3. The summed E-state index contributed by atoms with van der Waals surface area (Å²) in [6.45, 7) is 0.144. The van der Waals surface area contributed by atoms with Crippen LogP contribution < -0.4 is 10.1 Å². The van der Waals surface area contributed by atoms with Crippen LogP contribution in [0.5, 0.6) is 5.88 Å². The maximum absolute atomic E-state index is 12.6.